The molecule has 1 heterocycles. The van der Waals surface area contributed by atoms with E-state index < -0.39 is 17.5 Å². The van der Waals surface area contributed by atoms with Crippen molar-refractivity contribution in [2.75, 3.05) is 0 Å². The van der Waals surface area contributed by atoms with Crippen LogP contribution in [-0.2, 0) is 20.1 Å². The molecular formula is C17H7F3IrN-. The van der Waals surface area contributed by atoms with E-state index in [1.54, 1.807) is 12.1 Å². The van der Waals surface area contributed by atoms with Crippen LogP contribution in [0.15, 0.2) is 42.5 Å². The van der Waals surface area contributed by atoms with Gasteiger partial charge in [-0.15, -0.1) is 29.8 Å². The van der Waals surface area contributed by atoms with Gasteiger partial charge < -0.3 is 0 Å². The molecule has 0 atom stereocenters. The third-order valence-electron chi connectivity index (χ3n) is 3.55. The zero-order valence-corrected chi connectivity index (χ0v) is 13.4. The molecule has 1 radical (unpaired) electrons. The van der Waals surface area contributed by atoms with Crippen LogP contribution >= 0.6 is 0 Å². The molecule has 1 nitrogen and oxygen atoms in total. The van der Waals surface area contributed by atoms with Gasteiger partial charge in [0.25, 0.3) is 0 Å². The molecule has 111 valence electrons. The zero-order valence-electron chi connectivity index (χ0n) is 11.0. The van der Waals surface area contributed by atoms with E-state index >= 15 is 0 Å². The second-order valence-corrected chi connectivity index (χ2v) is 4.80. The number of rotatable bonds is 1. The fourth-order valence-corrected chi connectivity index (χ4v) is 2.58. The van der Waals surface area contributed by atoms with E-state index in [0.29, 0.717) is 22.2 Å². The third kappa shape index (κ3) is 2.09. The van der Waals surface area contributed by atoms with Gasteiger partial charge in [0, 0.05) is 42.4 Å². The van der Waals surface area contributed by atoms with Crippen LogP contribution in [0.2, 0.25) is 0 Å². The minimum atomic E-state index is -0.882. The smallest absolute Gasteiger partial charge is 0.167 e. The Morgan fingerprint density at radius 1 is 0.909 bits per heavy atom. The van der Waals surface area contributed by atoms with Crippen molar-refractivity contribution in [2.24, 2.45) is 0 Å². The van der Waals surface area contributed by atoms with Gasteiger partial charge in [0.2, 0.25) is 0 Å². The van der Waals surface area contributed by atoms with Gasteiger partial charge in [-0.2, -0.15) is 0 Å². The monoisotopic (exact) mass is 475 g/mol. The van der Waals surface area contributed by atoms with Crippen LogP contribution < -0.4 is 0 Å². The van der Waals surface area contributed by atoms with Gasteiger partial charge >= 0.3 is 0 Å². The Morgan fingerprint density at radius 3 is 2.41 bits per heavy atom. The van der Waals surface area contributed by atoms with Crippen molar-refractivity contribution in [1.29, 1.82) is 0 Å². The summed E-state index contributed by atoms with van der Waals surface area (Å²) < 4.78 is 40.9. The van der Waals surface area contributed by atoms with E-state index in [4.69, 9.17) is 0 Å². The molecule has 1 aliphatic rings. The fraction of sp³-hybridized carbons (Fsp3) is 0. The van der Waals surface area contributed by atoms with Crippen LogP contribution in [0.5, 0.6) is 0 Å². The first-order chi connectivity index (χ1) is 10.1. The van der Waals surface area contributed by atoms with Crippen molar-refractivity contribution in [3.05, 3.63) is 65.5 Å². The first-order valence-corrected chi connectivity index (χ1v) is 6.32. The van der Waals surface area contributed by atoms with Crippen molar-refractivity contribution >= 4 is 22.6 Å². The molecule has 3 aromatic rings. The minimum Gasteiger partial charge on any atom is -0.296 e. The maximum absolute atomic E-state index is 14.1. The van der Waals surface area contributed by atoms with Crippen LogP contribution in [0, 0.1) is 11.9 Å². The summed E-state index contributed by atoms with van der Waals surface area (Å²) in [6.07, 6.45) is 0. The van der Waals surface area contributed by atoms with Gasteiger partial charge in [0.15, 0.2) is 11.7 Å². The van der Waals surface area contributed by atoms with Crippen molar-refractivity contribution in [3.63, 3.8) is 0 Å². The molecule has 0 unspecified atom stereocenters. The summed E-state index contributed by atoms with van der Waals surface area (Å²) in [4.78, 5) is 4.39. The minimum absolute atomic E-state index is 0. The first kappa shape index (κ1) is 14.9. The van der Waals surface area contributed by atoms with E-state index in [-0.39, 0.29) is 31.2 Å². The summed E-state index contributed by atoms with van der Waals surface area (Å²) >= 11 is 0. The molecule has 0 saturated carbocycles. The fourth-order valence-electron chi connectivity index (χ4n) is 2.58. The van der Waals surface area contributed by atoms with E-state index in [1.807, 2.05) is 0 Å². The molecule has 0 amide bonds. The average molecular weight is 474 g/mol. The predicted octanol–water partition coefficient (Wildman–Crippen LogP) is 4.92. The zero-order chi connectivity index (χ0) is 14.6. The van der Waals surface area contributed by atoms with Gasteiger partial charge in [-0.25, -0.2) is 8.78 Å². The summed E-state index contributed by atoms with van der Waals surface area (Å²) in [7, 11) is 0. The number of hydrogen-bond donors (Lipinski definition) is 0. The number of hydrogen-bond acceptors (Lipinski definition) is 1. The summed E-state index contributed by atoms with van der Waals surface area (Å²) in [6, 6.07) is 13.0. The van der Waals surface area contributed by atoms with Crippen molar-refractivity contribution < 1.29 is 33.3 Å². The summed E-state index contributed by atoms with van der Waals surface area (Å²) in [5, 5.41) is 0.471. The van der Waals surface area contributed by atoms with Crippen LogP contribution in [0.3, 0.4) is 0 Å². The topological polar surface area (TPSA) is 12.9 Å². The molecule has 2 aromatic carbocycles. The van der Waals surface area contributed by atoms with Crippen molar-refractivity contribution in [1.82, 2.24) is 4.98 Å². The van der Waals surface area contributed by atoms with Gasteiger partial charge in [0.05, 0.1) is 5.52 Å². The molecule has 0 saturated heterocycles. The summed E-state index contributed by atoms with van der Waals surface area (Å²) in [6.45, 7) is 0. The number of benzene rings is 2. The summed E-state index contributed by atoms with van der Waals surface area (Å²) in [5.41, 5.74) is 1.86. The first-order valence-electron chi connectivity index (χ1n) is 6.32. The van der Waals surface area contributed by atoms with Crippen LogP contribution in [0.25, 0.3) is 33.8 Å². The van der Waals surface area contributed by atoms with Gasteiger partial charge in [0.1, 0.15) is 0 Å². The molecule has 0 bridgehead atoms. The average Bonchev–Trinajstić information content (AvgIpc) is 2.75. The van der Waals surface area contributed by atoms with E-state index in [0.717, 1.165) is 0 Å². The van der Waals surface area contributed by atoms with E-state index in [2.05, 4.69) is 11.1 Å². The molecule has 1 aliphatic carbocycles. The van der Waals surface area contributed by atoms with Crippen LogP contribution in [0.1, 0.15) is 11.1 Å². The Bertz CT molecular complexity index is 917. The second-order valence-electron chi connectivity index (χ2n) is 4.80. The SMILES string of the molecule is FC1=C(F)c2cc(-c3[c-]cc(F)cc3)nc3cccc1c23.[Ir]. The normalized spacial score (nSPS) is 12.7. The molecule has 0 N–H and O–H groups in total. The standard InChI is InChI=1S/C17H7F3N.Ir/c18-10-6-4-9(5-7-10)14-8-12-15-11(16(19)17(12)20)2-1-3-13(15)21-14;/h1-4,6-8H;/q-1;. The maximum Gasteiger partial charge on any atom is 0.167 e. The van der Waals surface area contributed by atoms with Gasteiger partial charge in [-0.3, -0.25) is 9.37 Å². The molecule has 22 heavy (non-hydrogen) atoms. The Kier molecular flexibility index (Phi) is 3.63. The van der Waals surface area contributed by atoms with E-state index in [9.17, 15) is 13.2 Å². The maximum atomic E-state index is 14.1. The molecule has 5 heteroatoms. The Balaban J connectivity index is 0.00000144. The Hall–Kier alpha value is -1.97. The largest absolute Gasteiger partial charge is 0.296 e. The second kappa shape index (κ2) is 5.34. The predicted molar refractivity (Wildman–Crippen MR) is 75.0 cm³/mol. The number of halogens is 3. The third-order valence-corrected chi connectivity index (χ3v) is 3.55. The van der Waals surface area contributed by atoms with Gasteiger partial charge in [-0.1, -0.05) is 18.2 Å². The van der Waals surface area contributed by atoms with Gasteiger partial charge in [-0.05, 0) is 11.8 Å². The quantitative estimate of drug-likeness (QED) is 0.457. The Labute approximate surface area is 137 Å². The molecule has 0 spiro atoms. The molecule has 0 aliphatic heterocycles. The number of nitrogens with zero attached hydrogens (tertiary/aromatic N) is 1. The van der Waals surface area contributed by atoms with Crippen molar-refractivity contribution in [3.8, 4) is 11.3 Å². The number of aromatic nitrogens is 1. The molecule has 4 rings (SSSR count). The van der Waals surface area contributed by atoms with Crippen molar-refractivity contribution in [2.45, 2.75) is 0 Å². The summed E-state index contributed by atoms with van der Waals surface area (Å²) in [5.74, 6) is -2.16. The molecule has 1 aromatic heterocycles. The number of pyridine rings is 1. The van der Waals surface area contributed by atoms with Crippen LogP contribution in [0.4, 0.5) is 13.2 Å². The Morgan fingerprint density at radius 2 is 1.68 bits per heavy atom. The molecular weight excluding hydrogens is 467 g/mol. The molecule has 0 fully saturated rings. The van der Waals surface area contributed by atoms with E-state index in [1.165, 1.54) is 30.3 Å². The van der Waals surface area contributed by atoms with Crippen LogP contribution in [-0.4, -0.2) is 4.98 Å².